The topological polar surface area (TPSA) is 58.3 Å². The highest BCUT2D eigenvalue weighted by atomic mass is 32.1. The molecule has 17 heavy (non-hydrogen) atoms. The van der Waals surface area contributed by atoms with Crippen LogP contribution >= 0.6 is 11.3 Å². The van der Waals surface area contributed by atoms with Gasteiger partial charge in [-0.15, -0.1) is 0 Å². The van der Waals surface area contributed by atoms with E-state index in [0.717, 1.165) is 16.8 Å². The Balaban J connectivity index is 2.03. The van der Waals surface area contributed by atoms with Crippen molar-refractivity contribution in [1.82, 2.24) is 0 Å². The predicted molar refractivity (Wildman–Crippen MR) is 73.4 cm³/mol. The van der Waals surface area contributed by atoms with Gasteiger partial charge in [-0.25, -0.2) is 0 Å². The number of nitrogens with two attached hydrogens (primary N) is 1. The van der Waals surface area contributed by atoms with Crippen LogP contribution in [0.2, 0.25) is 0 Å². The van der Waals surface area contributed by atoms with E-state index in [4.69, 9.17) is 5.73 Å². The van der Waals surface area contributed by atoms with Crippen molar-refractivity contribution in [2.45, 2.75) is 13.0 Å². The summed E-state index contributed by atoms with van der Waals surface area (Å²) in [6.07, 6.45) is -0.500. The zero-order valence-corrected chi connectivity index (χ0v) is 10.5. The molecule has 2 aromatic rings. The molecule has 4 heteroatoms. The van der Waals surface area contributed by atoms with Gasteiger partial charge in [0.25, 0.3) is 0 Å². The first-order chi connectivity index (χ1) is 8.18. The molecular weight excluding hydrogens is 232 g/mol. The average Bonchev–Trinajstić information content (AvgIpc) is 2.81. The quantitative estimate of drug-likeness (QED) is 0.729. The van der Waals surface area contributed by atoms with Gasteiger partial charge in [0.1, 0.15) is 0 Å². The van der Waals surface area contributed by atoms with Gasteiger partial charge < -0.3 is 16.2 Å². The van der Waals surface area contributed by atoms with Crippen molar-refractivity contribution in [2.24, 2.45) is 0 Å². The Morgan fingerprint density at radius 3 is 2.88 bits per heavy atom. The highest BCUT2D eigenvalue weighted by Gasteiger charge is 2.09. The molecule has 4 N–H and O–H groups in total. The van der Waals surface area contributed by atoms with E-state index in [-0.39, 0.29) is 0 Å². The Hall–Kier alpha value is -1.52. The zero-order chi connectivity index (χ0) is 12.3. The number of thiophene rings is 1. The SMILES string of the molecule is Cc1cccc(N)c1NCC(O)c1ccsc1. The van der Waals surface area contributed by atoms with Crippen molar-refractivity contribution >= 4 is 22.7 Å². The van der Waals surface area contributed by atoms with Crippen LogP contribution in [0.5, 0.6) is 0 Å². The largest absolute Gasteiger partial charge is 0.397 e. The highest BCUT2D eigenvalue weighted by Crippen LogP contribution is 2.24. The van der Waals surface area contributed by atoms with Crippen LogP contribution in [0.15, 0.2) is 35.0 Å². The predicted octanol–water partition coefficient (Wildman–Crippen LogP) is 2.78. The van der Waals surface area contributed by atoms with Crippen LogP contribution in [-0.4, -0.2) is 11.7 Å². The van der Waals surface area contributed by atoms with E-state index in [1.165, 1.54) is 0 Å². The van der Waals surface area contributed by atoms with Gasteiger partial charge in [0, 0.05) is 6.54 Å². The van der Waals surface area contributed by atoms with Gasteiger partial charge in [0.2, 0.25) is 0 Å². The summed E-state index contributed by atoms with van der Waals surface area (Å²) in [4.78, 5) is 0. The summed E-state index contributed by atoms with van der Waals surface area (Å²) in [5.41, 5.74) is 9.52. The summed E-state index contributed by atoms with van der Waals surface area (Å²) in [6, 6.07) is 7.70. The number of para-hydroxylation sites is 1. The summed E-state index contributed by atoms with van der Waals surface area (Å²) in [5.74, 6) is 0. The van der Waals surface area contributed by atoms with Crippen molar-refractivity contribution < 1.29 is 5.11 Å². The van der Waals surface area contributed by atoms with Gasteiger partial charge in [-0.05, 0) is 40.9 Å². The Kier molecular flexibility index (Phi) is 3.66. The van der Waals surface area contributed by atoms with Crippen LogP contribution in [0.25, 0.3) is 0 Å². The number of nitrogens with one attached hydrogen (secondary N) is 1. The Labute approximate surface area is 105 Å². The summed E-state index contributed by atoms with van der Waals surface area (Å²) in [5, 5.41) is 17.1. The van der Waals surface area contributed by atoms with E-state index in [9.17, 15) is 5.11 Å². The number of benzene rings is 1. The van der Waals surface area contributed by atoms with Gasteiger partial charge in [-0.2, -0.15) is 11.3 Å². The van der Waals surface area contributed by atoms with Crippen molar-refractivity contribution in [2.75, 3.05) is 17.6 Å². The molecule has 0 aliphatic heterocycles. The fraction of sp³-hybridized carbons (Fsp3) is 0.231. The molecule has 0 fully saturated rings. The lowest BCUT2D eigenvalue weighted by molar-refractivity contribution is 0.192. The van der Waals surface area contributed by atoms with Gasteiger partial charge in [-0.1, -0.05) is 12.1 Å². The maximum absolute atomic E-state index is 9.96. The Bertz CT molecular complexity index is 462. The van der Waals surface area contributed by atoms with Crippen LogP contribution in [-0.2, 0) is 0 Å². The average molecular weight is 248 g/mol. The maximum atomic E-state index is 9.96. The number of aryl methyl sites for hydroxylation is 1. The lowest BCUT2D eigenvalue weighted by Crippen LogP contribution is -2.13. The standard InChI is InChI=1S/C13H16N2OS/c1-9-3-2-4-11(14)13(9)15-7-12(16)10-5-6-17-8-10/h2-6,8,12,15-16H,7,14H2,1H3. The number of hydrogen-bond acceptors (Lipinski definition) is 4. The van der Waals surface area contributed by atoms with Crippen molar-refractivity contribution in [1.29, 1.82) is 0 Å². The first kappa shape index (κ1) is 12.0. The second kappa shape index (κ2) is 5.21. The third kappa shape index (κ3) is 2.78. The number of aliphatic hydroxyl groups excluding tert-OH is 1. The minimum absolute atomic E-state index is 0.464. The Morgan fingerprint density at radius 2 is 2.24 bits per heavy atom. The van der Waals surface area contributed by atoms with E-state index in [1.54, 1.807) is 11.3 Å². The first-order valence-corrected chi connectivity index (χ1v) is 6.42. The number of hydrogen-bond donors (Lipinski definition) is 3. The van der Waals surface area contributed by atoms with Crippen LogP contribution in [0.1, 0.15) is 17.2 Å². The number of nitrogen functional groups attached to an aromatic ring is 1. The molecule has 0 bridgehead atoms. The molecule has 0 aliphatic rings. The smallest absolute Gasteiger partial charge is 0.0970 e. The minimum Gasteiger partial charge on any atom is -0.397 e. The molecule has 3 nitrogen and oxygen atoms in total. The van der Waals surface area contributed by atoms with Gasteiger partial charge in [0.05, 0.1) is 17.5 Å². The van der Waals surface area contributed by atoms with E-state index >= 15 is 0 Å². The number of aliphatic hydroxyl groups is 1. The normalized spacial score (nSPS) is 12.4. The molecule has 0 radical (unpaired) electrons. The third-order valence-electron chi connectivity index (χ3n) is 2.71. The van der Waals surface area contributed by atoms with Crippen molar-refractivity contribution in [3.63, 3.8) is 0 Å². The third-order valence-corrected chi connectivity index (χ3v) is 3.41. The van der Waals surface area contributed by atoms with Gasteiger partial charge >= 0.3 is 0 Å². The monoisotopic (exact) mass is 248 g/mol. The molecule has 0 aliphatic carbocycles. The lowest BCUT2D eigenvalue weighted by atomic mass is 10.1. The van der Waals surface area contributed by atoms with Crippen LogP contribution in [0.4, 0.5) is 11.4 Å². The second-order valence-electron chi connectivity index (χ2n) is 3.99. The Morgan fingerprint density at radius 1 is 1.41 bits per heavy atom. The van der Waals surface area contributed by atoms with E-state index in [2.05, 4.69) is 5.32 Å². The second-order valence-corrected chi connectivity index (χ2v) is 4.77. The summed E-state index contributed by atoms with van der Waals surface area (Å²) in [6.45, 7) is 2.46. The van der Waals surface area contributed by atoms with E-state index < -0.39 is 6.10 Å². The zero-order valence-electron chi connectivity index (χ0n) is 9.68. The molecule has 1 aromatic heterocycles. The van der Waals surface area contributed by atoms with Gasteiger partial charge in [0.15, 0.2) is 0 Å². The van der Waals surface area contributed by atoms with Crippen LogP contribution in [0, 0.1) is 6.92 Å². The molecule has 1 aromatic carbocycles. The van der Waals surface area contributed by atoms with E-state index in [0.29, 0.717) is 12.2 Å². The molecule has 0 spiro atoms. The van der Waals surface area contributed by atoms with E-state index in [1.807, 2.05) is 41.9 Å². The fourth-order valence-corrected chi connectivity index (χ4v) is 2.42. The molecule has 1 unspecified atom stereocenters. The fourth-order valence-electron chi connectivity index (χ4n) is 1.71. The molecular formula is C13H16N2OS. The molecule has 0 amide bonds. The number of anilines is 2. The molecule has 0 saturated carbocycles. The van der Waals surface area contributed by atoms with Crippen LogP contribution < -0.4 is 11.1 Å². The summed E-state index contributed by atoms with van der Waals surface area (Å²) >= 11 is 1.58. The van der Waals surface area contributed by atoms with Crippen molar-refractivity contribution in [3.8, 4) is 0 Å². The van der Waals surface area contributed by atoms with Crippen LogP contribution in [0.3, 0.4) is 0 Å². The number of rotatable bonds is 4. The lowest BCUT2D eigenvalue weighted by Gasteiger charge is -2.15. The molecule has 1 atom stereocenters. The molecule has 2 rings (SSSR count). The summed E-state index contributed by atoms with van der Waals surface area (Å²) < 4.78 is 0. The van der Waals surface area contributed by atoms with Gasteiger partial charge in [-0.3, -0.25) is 0 Å². The molecule has 90 valence electrons. The summed E-state index contributed by atoms with van der Waals surface area (Å²) in [7, 11) is 0. The highest BCUT2D eigenvalue weighted by molar-refractivity contribution is 7.07. The minimum atomic E-state index is -0.500. The molecule has 1 heterocycles. The first-order valence-electron chi connectivity index (χ1n) is 5.47. The van der Waals surface area contributed by atoms with Crippen molar-refractivity contribution in [3.05, 3.63) is 46.2 Å². The molecule has 0 saturated heterocycles. The maximum Gasteiger partial charge on any atom is 0.0970 e.